The molecular formula is C13H16N4O. The lowest BCUT2D eigenvalue weighted by Crippen LogP contribution is -2.01. The Morgan fingerprint density at radius 1 is 1.28 bits per heavy atom. The summed E-state index contributed by atoms with van der Waals surface area (Å²) < 4.78 is 5.12. The molecule has 0 spiro atoms. The van der Waals surface area contributed by atoms with Crippen molar-refractivity contribution in [3.05, 3.63) is 30.2 Å². The number of ether oxygens (including phenoxy) is 1. The largest absolute Gasteiger partial charge is 0.481 e. The molecule has 0 saturated carbocycles. The van der Waals surface area contributed by atoms with Crippen molar-refractivity contribution in [3.63, 3.8) is 0 Å². The van der Waals surface area contributed by atoms with Crippen molar-refractivity contribution in [1.29, 1.82) is 0 Å². The molecule has 2 rings (SSSR count). The number of rotatable bonds is 4. The van der Waals surface area contributed by atoms with E-state index in [1.165, 1.54) is 0 Å². The van der Waals surface area contributed by atoms with Crippen LogP contribution in [-0.4, -0.2) is 29.1 Å². The minimum absolute atomic E-state index is 0.579. The summed E-state index contributed by atoms with van der Waals surface area (Å²) in [5.74, 6) is 2.20. The molecule has 5 heteroatoms. The molecule has 1 N–H and O–H groups in total. The van der Waals surface area contributed by atoms with E-state index >= 15 is 0 Å². The van der Waals surface area contributed by atoms with E-state index in [4.69, 9.17) is 4.74 Å². The fourth-order valence-electron chi connectivity index (χ4n) is 1.61. The second-order valence-electron chi connectivity index (χ2n) is 3.75. The van der Waals surface area contributed by atoms with E-state index in [0.717, 1.165) is 29.3 Å². The Morgan fingerprint density at radius 2 is 2.11 bits per heavy atom. The van der Waals surface area contributed by atoms with E-state index in [2.05, 4.69) is 20.3 Å². The molecule has 0 aliphatic heterocycles. The predicted molar refractivity (Wildman–Crippen MR) is 70.7 cm³/mol. The van der Waals surface area contributed by atoms with Gasteiger partial charge in [0.05, 0.1) is 12.8 Å². The summed E-state index contributed by atoms with van der Waals surface area (Å²) in [6, 6.07) is 5.68. The molecule has 0 aliphatic rings. The van der Waals surface area contributed by atoms with Crippen LogP contribution in [-0.2, 0) is 6.42 Å². The molecule has 18 heavy (non-hydrogen) atoms. The lowest BCUT2D eigenvalue weighted by atomic mass is 10.2. The molecule has 0 aliphatic carbocycles. The summed E-state index contributed by atoms with van der Waals surface area (Å²) >= 11 is 0. The highest BCUT2D eigenvalue weighted by molar-refractivity contribution is 5.63. The van der Waals surface area contributed by atoms with Crippen molar-refractivity contribution in [3.8, 4) is 17.1 Å². The quantitative estimate of drug-likeness (QED) is 0.893. The number of aromatic nitrogens is 3. The third-order valence-electron chi connectivity index (χ3n) is 2.58. The van der Waals surface area contributed by atoms with Crippen LogP contribution in [0.1, 0.15) is 12.7 Å². The van der Waals surface area contributed by atoms with Gasteiger partial charge in [0, 0.05) is 37.4 Å². The zero-order valence-corrected chi connectivity index (χ0v) is 10.8. The molecule has 5 nitrogen and oxygen atoms in total. The fraction of sp³-hybridized carbons (Fsp3) is 0.308. The van der Waals surface area contributed by atoms with E-state index in [-0.39, 0.29) is 0 Å². The topological polar surface area (TPSA) is 59.9 Å². The normalized spacial score (nSPS) is 10.2. The van der Waals surface area contributed by atoms with Crippen LogP contribution >= 0.6 is 0 Å². The number of hydrogen-bond acceptors (Lipinski definition) is 5. The first-order chi connectivity index (χ1) is 8.76. The van der Waals surface area contributed by atoms with Crippen LogP contribution < -0.4 is 10.1 Å². The second-order valence-corrected chi connectivity index (χ2v) is 3.75. The van der Waals surface area contributed by atoms with Crippen LogP contribution in [0.2, 0.25) is 0 Å². The standard InChI is InChI=1S/C13H16N4O/c1-4-11-16-10(8-12(14-2)17-11)9-5-6-15-13(7-9)18-3/h5-8H,4H2,1-3H3,(H,14,16,17). The van der Waals surface area contributed by atoms with E-state index in [1.54, 1.807) is 13.3 Å². The number of pyridine rings is 1. The fourth-order valence-corrected chi connectivity index (χ4v) is 1.61. The molecule has 0 atom stereocenters. The van der Waals surface area contributed by atoms with Gasteiger partial charge in [-0.15, -0.1) is 0 Å². The third-order valence-corrected chi connectivity index (χ3v) is 2.58. The van der Waals surface area contributed by atoms with Crippen molar-refractivity contribution in [2.24, 2.45) is 0 Å². The lowest BCUT2D eigenvalue weighted by Gasteiger charge is -2.07. The highest BCUT2D eigenvalue weighted by atomic mass is 16.5. The van der Waals surface area contributed by atoms with Gasteiger partial charge in [-0.1, -0.05) is 6.92 Å². The van der Waals surface area contributed by atoms with Gasteiger partial charge in [-0.25, -0.2) is 15.0 Å². The molecule has 0 amide bonds. The Bertz CT molecular complexity index is 520. The minimum atomic E-state index is 0.579. The monoisotopic (exact) mass is 244 g/mol. The number of methoxy groups -OCH3 is 1. The Morgan fingerprint density at radius 3 is 2.78 bits per heavy atom. The van der Waals surface area contributed by atoms with Gasteiger partial charge in [-0.05, 0) is 6.07 Å². The Labute approximate surface area is 106 Å². The molecule has 0 unspecified atom stereocenters. The van der Waals surface area contributed by atoms with Gasteiger partial charge < -0.3 is 10.1 Å². The van der Waals surface area contributed by atoms with Gasteiger partial charge in [-0.3, -0.25) is 0 Å². The van der Waals surface area contributed by atoms with Gasteiger partial charge in [0.1, 0.15) is 11.6 Å². The smallest absolute Gasteiger partial charge is 0.213 e. The number of anilines is 1. The Hall–Kier alpha value is -2.17. The summed E-state index contributed by atoms with van der Waals surface area (Å²) in [5, 5.41) is 3.04. The first-order valence-corrected chi connectivity index (χ1v) is 5.83. The zero-order chi connectivity index (χ0) is 13.0. The average molecular weight is 244 g/mol. The molecule has 94 valence electrons. The maximum atomic E-state index is 5.12. The van der Waals surface area contributed by atoms with Crippen LogP contribution in [0, 0.1) is 0 Å². The lowest BCUT2D eigenvalue weighted by molar-refractivity contribution is 0.398. The zero-order valence-electron chi connectivity index (χ0n) is 10.8. The van der Waals surface area contributed by atoms with Crippen LogP contribution in [0.3, 0.4) is 0 Å². The summed E-state index contributed by atoms with van der Waals surface area (Å²) in [6.07, 6.45) is 2.51. The highest BCUT2D eigenvalue weighted by Gasteiger charge is 2.06. The number of hydrogen-bond donors (Lipinski definition) is 1. The van der Waals surface area contributed by atoms with Gasteiger partial charge >= 0.3 is 0 Å². The molecule has 0 aromatic carbocycles. The first kappa shape index (κ1) is 12.3. The molecule has 0 bridgehead atoms. The molecular weight excluding hydrogens is 228 g/mol. The summed E-state index contributed by atoms with van der Waals surface area (Å²) in [4.78, 5) is 13.0. The maximum absolute atomic E-state index is 5.12. The van der Waals surface area contributed by atoms with Crippen molar-refractivity contribution >= 4 is 5.82 Å². The molecule has 2 heterocycles. The van der Waals surface area contributed by atoms with Crippen LogP contribution in [0.4, 0.5) is 5.82 Å². The molecule has 2 aromatic heterocycles. The predicted octanol–water partition coefficient (Wildman–Crippen LogP) is 2.15. The number of nitrogens with one attached hydrogen (secondary N) is 1. The number of aryl methyl sites for hydroxylation is 1. The molecule has 0 fully saturated rings. The number of nitrogens with zero attached hydrogens (tertiary/aromatic N) is 3. The second kappa shape index (κ2) is 5.44. The van der Waals surface area contributed by atoms with E-state index in [0.29, 0.717) is 5.88 Å². The van der Waals surface area contributed by atoms with Crippen LogP contribution in [0.15, 0.2) is 24.4 Å². The molecule has 0 radical (unpaired) electrons. The minimum Gasteiger partial charge on any atom is -0.481 e. The van der Waals surface area contributed by atoms with Gasteiger partial charge in [0.25, 0.3) is 0 Å². The third kappa shape index (κ3) is 2.56. The summed E-state index contributed by atoms with van der Waals surface area (Å²) in [5.41, 5.74) is 1.84. The highest BCUT2D eigenvalue weighted by Crippen LogP contribution is 2.22. The average Bonchev–Trinajstić information content (AvgIpc) is 2.46. The Kier molecular flexibility index (Phi) is 3.72. The van der Waals surface area contributed by atoms with Crippen molar-refractivity contribution < 1.29 is 4.74 Å². The summed E-state index contributed by atoms with van der Waals surface area (Å²) in [7, 11) is 3.45. The van der Waals surface area contributed by atoms with E-state index in [1.807, 2.05) is 32.2 Å². The molecule has 0 saturated heterocycles. The van der Waals surface area contributed by atoms with E-state index in [9.17, 15) is 0 Å². The van der Waals surface area contributed by atoms with Gasteiger partial charge in [0.15, 0.2) is 0 Å². The van der Waals surface area contributed by atoms with Crippen LogP contribution in [0.5, 0.6) is 5.88 Å². The maximum Gasteiger partial charge on any atom is 0.213 e. The van der Waals surface area contributed by atoms with Crippen LogP contribution in [0.25, 0.3) is 11.3 Å². The summed E-state index contributed by atoms with van der Waals surface area (Å²) in [6.45, 7) is 2.03. The SMILES string of the molecule is CCc1nc(NC)cc(-c2ccnc(OC)c2)n1. The van der Waals surface area contributed by atoms with Gasteiger partial charge in [-0.2, -0.15) is 0 Å². The van der Waals surface area contributed by atoms with Crippen molar-refractivity contribution in [1.82, 2.24) is 15.0 Å². The van der Waals surface area contributed by atoms with E-state index < -0.39 is 0 Å². The van der Waals surface area contributed by atoms with Crippen molar-refractivity contribution in [2.75, 3.05) is 19.5 Å². The van der Waals surface area contributed by atoms with Gasteiger partial charge in [0.2, 0.25) is 5.88 Å². The Balaban J connectivity index is 2.48. The molecule has 2 aromatic rings. The first-order valence-electron chi connectivity index (χ1n) is 5.83. The van der Waals surface area contributed by atoms with Crippen molar-refractivity contribution in [2.45, 2.75) is 13.3 Å².